The Morgan fingerprint density at radius 2 is 1.94 bits per heavy atom. The SMILES string of the molecule is CC(C)(C)Oc1ccc(OC2CC2)c(N)c1. The lowest BCUT2D eigenvalue weighted by Crippen LogP contribution is -2.22. The Kier molecular flexibility index (Phi) is 2.70. The Hall–Kier alpha value is -1.38. The third kappa shape index (κ3) is 3.05. The molecule has 0 radical (unpaired) electrons. The van der Waals surface area contributed by atoms with E-state index in [0.717, 1.165) is 24.3 Å². The monoisotopic (exact) mass is 221 g/mol. The maximum Gasteiger partial charge on any atom is 0.142 e. The summed E-state index contributed by atoms with van der Waals surface area (Å²) in [6.45, 7) is 6.04. The summed E-state index contributed by atoms with van der Waals surface area (Å²) in [5.74, 6) is 1.55. The fourth-order valence-electron chi connectivity index (χ4n) is 1.42. The van der Waals surface area contributed by atoms with Crippen molar-refractivity contribution in [2.45, 2.75) is 45.3 Å². The maximum absolute atomic E-state index is 5.91. The van der Waals surface area contributed by atoms with Crippen molar-refractivity contribution >= 4 is 5.69 Å². The van der Waals surface area contributed by atoms with Crippen LogP contribution >= 0.6 is 0 Å². The summed E-state index contributed by atoms with van der Waals surface area (Å²) in [4.78, 5) is 0. The number of ether oxygens (including phenoxy) is 2. The second kappa shape index (κ2) is 3.89. The van der Waals surface area contributed by atoms with Gasteiger partial charge in [0.25, 0.3) is 0 Å². The molecule has 0 bridgehead atoms. The second-order valence-electron chi connectivity index (χ2n) is 5.23. The third-order valence-electron chi connectivity index (χ3n) is 2.22. The van der Waals surface area contributed by atoms with Crippen LogP contribution in [0.1, 0.15) is 33.6 Å². The lowest BCUT2D eigenvalue weighted by atomic mass is 10.2. The molecule has 2 rings (SSSR count). The third-order valence-corrected chi connectivity index (χ3v) is 2.22. The highest BCUT2D eigenvalue weighted by molar-refractivity contribution is 5.56. The van der Waals surface area contributed by atoms with Crippen LogP contribution in [0.2, 0.25) is 0 Å². The molecule has 3 nitrogen and oxygen atoms in total. The first-order chi connectivity index (χ1) is 7.44. The molecular formula is C13H19NO2. The van der Waals surface area contributed by atoms with Crippen LogP contribution in [0.4, 0.5) is 5.69 Å². The summed E-state index contributed by atoms with van der Waals surface area (Å²) >= 11 is 0. The van der Waals surface area contributed by atoms with Gasteiger partial charge >= 0.3 is 0 Å². The Morgan fingerprint density at radius 3 is 2.44 bits per heavy atom. The van der Waals surface area contributed by atoms with Crippen molar-refractivity contribution < 1.29 is 9.47 Å². The summed E-state index contributed by atoms with van der Waals surface area (Å²) in [5, 5.41) is 0. The first kappa shape index (κ1) is 11.1. The van der Waals surface area contributed by atoms with E-state index in [0.29, 0.717) is 11.8 Å². The van der Waals surface area contributed by atoms with E-state index in [9.17, 15) is 0 Å². The van der Waals surface area contributed by atoms with E-state index in [1.54, 1.807) is 0 Å². The van der Waals surface area contributed by atoms with Crippen molar-refractivity contribution in [3.63, 3.8) is 0 Å². The summed E-state index contributed by atoms with van der Waals surface area (Å²) < 4.78 is 11.4. The van der Waals surface area contributed by atoms with E-state index >= 15 is 0 Å². The molecule has 1 saturated carbocycles. The number of rotatable bonds is 3. The van der Waals surface area contributed by atoms with Crippen LogP contribution in [0.5, 0.6) is 11.5 Å². The molecule has 1 fully saturated rings. The zero-order chi connectivity index (χ0) is 11.8. The molecule has 0 amide bonds. The molecule has 16 heavy (non-hydrogen) atoms. The van der Waals surface area contributed by atoms with Gasteiger partial charge in [0, 0.05) is 6.07 Å². The average Bonchev–Trinajstić information content (AvgIpc) is 2.90. The number of hydrogen-bond donors (Lipinski definition) is 1. The molecule has 1 aliphatic carbocycles. The van der Waals surface area contributed by atoms with Crippen LogP contribution in [0.15, 0.2) is 18.2 Å². The van der Waals surface area contributed by atoms with Gasteiger partial charge in [0.15, 0.2) is 0 Å². The molecule has 2 N–H and O–H groups in total. The van der Waals surface area contributed by atoms with Crippen molar-refractivity contribution in [1.82, 2.24) is 0 Å². The van der Waals surface area contributed by atoms with E-state index in [1.807, 2.05) is 39.0 Å². The Bertz CT molecular complexity index is 378. The van der Waals surface area contributed by atoms with Gasteiger partial charge in [-0.05, 0) is 45.7 Å². The first-order valence-corrected chi connectivity index (χ1v) is 5.69. The van der Waals surface area contributed by atoms with E-state index in [1.165, 1.54) is 0 Å². The lowest BCUT2D eigenvalue weighted by molar-refractivity contribution is 0.131. The minimum absolute atomic E-state index is 0.203. The van der Waals surface area contributed by atoms with Crippen molar-refractivity contribution in [2.75, 3.05) is 5.73 Å². The van der Waals surface area contributed by atoms with Gasteiger partial charge in [-0.25, -0.2) is 0 Å². The van der Waals surface area contributed by atoms with E-state index in [2.05, 4.69) is 0 Å². The fraction of sp³-hybridized carbons (Fsp3) is 0.538. The number of nitrogens with two attached hydrogens (primary N) is 1. The van der Waals surface area contributed by atoms with Gasteiger partial charge in [0.05, 0.1) is 11.8 Å². The van der Waals surface area contributed by atoms with E-state index in [-0.39, 0.29) is 5.60 Å². The molecule has 3 heteroatoms. The fourth-order valence-corrected chi connectivity index (χ4v) is 1.42. The zero-order valence-corrected chi connectivity index (χ0v) is 10.1. The van der Waals surface area contributed by atoms with E-state index < -0.39 is 0 Å². The number of hydrogen-bond acceptors (Lipinski definition) is 3. The molecule has 0 unspecified atom stereocenters. The van der Waals surface area contributed by atoms with Crippen molar-refractivity contribution in [2.24, 2.45) is 0 Å². The predicted octanol–water partition coefficient (Wildman–Crippen LogP) is 2.99. The topological polar surface area (TPSA) is 44.5 Å². The average molecular weight is 221 g/mol. The molecule has 1 aromatic rings. The minimum atomic E-state index is -0.203. The summed E-state index contributed by atoms with van der Waals surface area (Å²) in [5.41, 5.74) is 6.36. The molecule has 0 aromatic heterocycles. The first-order valence-electron chi connectivity index (χ1n) is 5.69. The van der Waals surface area contributed by atoms with Gasteiger partial charge in [-0.1, -0.05) is 0 Å². The molecule has 1 aliphatic rings. The number of nitrogen functional groups attached to an aromatic ring is 1. The number of benzene rings is 1. The lowest BCUT2D eigenvalue weighted by Gasteiger charge is -2.21. The minimum Gasteiger partial charge on any atom is -0.488 e. The van der Waals surface area contributed by atoms with Crippen LogP contribution < -0.4 is 15.2 Å². The molecule has 1 aromatic carbocycles. The van der Waals surface area contributed by atoms with Gasteiger partial charge in [-0.3, -0.25) is 0 Å². The predicted molar refractivity (Wildman–Crippen MR) is 64.9 cm³/mol. The molecule has 88 valence electrons. The highest BCUT2D eigenvalue weighted by Gasteiger charge is 2.24. The van der Waals surface area contributed by atoms with Gasteiger partial charge in [0.1, 0.15) is 17.1 Å². The second-order valence-corrected chi connectivity index (χ2v) is 5.23. The zero-order valence-electron chi connectivity index (χ0n) is 10.1. The van der Waals surface area contributed by atoms with Crippen LogP contribution in [-0.2, 0) is 0 Å². The summed E-state index contributed by atoms with van der Waals surface area (Å²) in [6.07, 6.45) is 2.65. The van der Waals surface area contributed by atoms with Crippen LogP contribution in [0.25, 0.3) is 0 Å². The van der Waals surface area contributed by atoms with E-state index in [4.69, 9.17) is 15.2 Å². The van der Waals surface area contributed by atoms with Gasteiger partial charge in [-0.15, -0.1) is 0 Å². The van der Waals surface area contributed by atoms with Gasteiger partial charge in [-0.2, -0.15) is 0 Å². The van der Waals surface area contributed by atoms with Crippen molar-refractivity contribution in [3.8, 4) is 11.5 Å². The Labute approximate surface area is 96.5 Å². The number of anilines is 1. The Morgan fingerprint density at radius 1 is 1.25 bits per heavy atom. The summed E-state index contributed by atoms with van der Waals surface area (Å²) in [6, 6.07) is 5.61. The molecular weight excluding hydrogens is 202 g/mol. The van der Waals surface area contributed by atoms with Crippen LogP contribution in [0, 0.1) is 0 Å². The standard InChI is InChI=1S/C13H19NO2/c1-13(2,3)16-10-6-7-12(11(14)8-10)15-9-4-5-9/h6-9H,4-5,14H2,1-3H3. The van der Waals surface area contributed by atoms with Crippen LogP contribution in [-0.4, -0.2) is 11.7 Å². The maximum atomic E-state index is 5.91. The van der Waals surface area contributed by atoms with Crippen LogP contribution in [0.3, 0.4) is 0 Å². The summed E-state index contributed by atoms with van der Waals surface area (Å²) in [7, 11) is 0. The highest BCUT2D eigenvalue weighted by atomic mass is 16.5. The Balaban J connectivity index is 2.08. The van der Waals surface area contributed by atoms with Crippen molar-refractivity contribution in [1.29, 1.82) is 0 Å². The molecule has 0 spiro atoms. The van der Waals surface area contributed by atoms with Crippen molar-refractivity contribution in [3.05, 3.63) is 18.2 Å². The normalized spacial score (nSPS) is 15.9. The molecule has 0 aliphatic heterocycles. The molecule has 0 heterocycles. The quantitative estimate of drug-likeness (QED) is 0.798. The van der Waals surface area contributed by atoms with Gasteiger partial charge in [0.2, 0.25) is 0 Å². The molecule has 0 saturated heterocycles. The largest absolute Gasteiger partial charge is 0.488 e. The van der Waals surface area contributed by atoms with Gasteiger partial charge < -0.3 is 15.2 Å². The smallest absolute Gasteiger partial charge is 0.142 e. The molecule has 0 atom stereocenters. The highest BCUT2D eigenvalue weighted by Crippen LogP contribution is 2.33.